The van der Waals surface area contributed by atoms with Crippen molar-refractivity contribution < 1.29 is 22.6 Å². The van der Waals surface area contributed by atoms with Crippen LogP contribution in [0.25, 0.3) is 0 Å². The van der Waals surface area contributed by atoms with Gasteiger partial charge in [-0.15, -0.1) is 0 Å². The predicted molar refractivity (Wildman–Crippen MR) is 101 cm³/mol. The summed E-state index contributed by atoms with van der Waals surface area (Å²) >= 11 is 5.90. The van der Waals surface area contributed by atoms with E-state index in [1.165, 1.54) is 44.8 Å². The molecule has 26 heavy (non-hydrogen) atoms. The predicted octanol–water partition coefficient (Wildman–Crippen LogP) is 3.23. The zero-order valence-corrected chi connectivity index (χ0v) is 16.7. The summed E-state index contributed by atoms with van der Waals surface area (Å²) in [6.45, 7) is 0.285. The molecule has 0 unspecified atom stereocenters. The minimum atomic E-state index is -3.61. The van der Waals surface area contributed by atoms with Crippen LogP contribution in [0.4, 0.5) is 0 Å². The van der Waals surface area contributed by atoms with Crippen molar-refractivity contribution in [2.75, 3.05) is 34.9 Å². The molecule has 8 heteroatoms. The van der Waals surface area contributed by atoms with E-state index in [9.17, 15) is 8.42 Å². The second-order valence-electron chi connectivity index (χ2n) is 5.57. The molecule has 0 aromatic heterocycles. The first-order chi connectivity index (χ1) is 12.3. The number of methoxy groups -OCH3 is 3. The summed E-state index contributed by atoms with van der Waals surface area (Å²) in [5.74, 6) is 1.56. The lowest BCUT2D eigenvalue weighted by atomic mass is 10.1. The monoisotopic (exact) mass is 399 g/mol. The number of benzene rings is 2. The van der Waals surface area contributed by atoms with Crippen LogP contribution in [0.1, 0.15) is 5.56 Å². The van der Waals surface area contributed by atoms with Crippen molar-refractivity contribution in [3.63, 3.8) is 0 Å². The first-order valence-electron chi connectivity index (χ1n) is 7.84. The van der Waals surface area contributed by atoms with Gasteiger partial charge < -0.3 is 14.2 Å². The third-order valence-electron chi connectivity index (χ3n) is 3.94. The maximum absolute atomic E-state index is 12.7. The molecule has 0 radical (unpaired) electrons. The zero-order valence-electron chi connectivity index (χ0n) is 15.2. The molecule has 0 aliphatic carbocycles. The molecule has 0 atom stereocenters. The lowest BCUT2D eigenvalue weighted by Gasteiger charge is -2.18. The van der Waals surface area contributed by atoms with Crippen LogP contribution in [0.2, 0.25) is 5.02 Å². The van der Waals surface area contributed by atoms with Crippen molar-refractivity contribution >= 4 is 21.6 Å². The number of hydrogen-bond acceptors (Lipinski definition) is 5. The van der Waals surface area contributed by atoms with Gasteiger partial charge in [-0.25, -0.2) is 12.7 Å². The molecule has 6 nitrogen and oxygen atoms in total. The highest BCUT2D eigenvalue weighted by atomic mass is 35.5. The lowest BCUT2D eigenvalue weighted by molar-refractivity contribution is 0.323. The summed E-state index contributed by atoms with van der Waals surface area (Å²) in [5.41, 5.74) is 0.868. The number of likely N-dealkylation sites (N-methyl/N-ethyl adjacent to an activating group) is 1. The molecule has 0 heterocycles. The van der Waals surface area contributed by atoms with Gasteiger partial charge in [0.05, 0.1) is 26.2 Å². The molecule has 2 rings (SSSR count). The molecule has 0 aliphatic rings. The third-order valence-corrected chi connectivity index (χ3v) is 6.03. The SMILES string of the molecule is COc1cc(CCN(C)S(=O)(=O)c2cccc(Cl)c2)cc(OC)c1OC. The number of rotatable bonds is 8. The van der Waals surface area contributed by atoms with Crippen molar-refractivity contribution in [2.45, 2.75) is 11.3 Å². The first kappa shape index (κ1) is 20.4. The summed E-state index contributed by atoms with van der Waals surface area (Å²) < 4.78 is 42.5. The van der Waals surface area contributed by atoms with Crippen LogP contribution < -0.4 is 14.2 Å². The Hall–Kier alpha value is -1.96. The maximum Gasteiger partial charge on any atom is 0.242 e. The van der Waals surface area contributed by atoms with Gasteiger partial charge in [0.2, 0.25) is 15.8 Å². The molecule has 142 valence electrons. The van der Waals surface area contributed by atoms with Gasteiger partial charge >= 0.3 is 0 Å². The Morgan fingerprint density at radius 2 is 1.62 bits per heavy atom. The van der Waals surface area contributed by atoms with E-state index in [-0.39, 0.29) is 11.4 Å². The van der Waals surface area contributed by atoms with Crippen molar-refractivity contribution in [3.8, 4) is 17.2 Å². The van der Waals surface area contributed by atoms with Crippen LogP contribution in [0.3, 0.4) is 0 Å². The molecule has 2 aromatic rings. The summed E-state index contributed by atoms with van der Waals surface area (Å²) in [4.78, 5) is 0.164. The van der Waals surface area contributed by atoms with Gasteiger partial charge in [0.25, 0.3) is 0 Å². The summed E-state index contributed by atoms with van der Waals surface area (Å²) in [7, 11) is 2.53. The number of sulfonamides is 1. The topological polar surface area (TPSA) is 65.1 Å². The van der Waals surface area contributed by atoms with Crippen LogP contribution in [0.5, 0.6) is 17.2 Å². The Labute approximate surface area is 159 Å². The minimum Gasteiger partial charge on any atom is -0.493 e. The molecule has 0 N–H and O–H groups in total. The van der Waals surface area contributed by atoms with Gasteiger partial charge in [-0.05, 0) is 42.3 Å². The van der Waals surface area contributed by atoms with E-state index in [4.69, 9.17) is 25.8 Å². The normalized spacial score (nSPS) is 11.5. The molecule has 0 saturated carbocycles. The number of nitrogens with zero attached hydrogens (tertiary/aromatic N) is 1. The highest BCUT2D eigenvalue weighted by molar-refractivity contribution is 7.89. The van der Waals surface area contributed by atoms with E-state index >= 15 is 0 Å². The molecule has 0 bridgehead atoms. The number of ether oxygens (including phenoxy) is 3. The van der Waals surface area contributed by atoms with Crippen molar-refractivity contribution in [1.29, 1.82) is 0 Å². The fourth-order valence-corrected chi connectivity index (χ4v) is 3.97. The Morgan fingerprint density at radius 1 is 1.00 bits per heavy atom. The quantitative estimate of drug-likeness (QED) is 0.681. The van der Waals surface area contributed by atoms with Gasteiger partial charge in [0, 0.05) is 18.6 Å². The fourth-order valence-electron chi connectivity index (χ4n) is 2.49. The molecule has 0 aliphatic heterocycles. The zero-order chi connectivity index (χ0) is 19.3. The van der Waals surface area contributed by atoms with E-state index < -0.39 is 10.0 Å². The average Bonchev–Trinajstić information content (AvgIpc) is 2.64. The standard InChI is InChI=1S/C18H22ClNO5S/c1-20(26(21,22)15-7-5-6-14(19)12-15)9-8-13-10-16(23-2)18(25-4)17(11-13)24-3/h5-7,10-12H,8-9H2,1-4H3. The molecular formula is C18H22ClNO5S. The van der Waals surface area contributed by atoms with Crippen molar-refractivity contribution in [2.24, 2.45) is 0 Å². The summed E-state index contributed by atoms with van der Waals surface area (Å²) in [6, 6.07) is 9.82. The van der Waals surface area contributed by atoms with Crippen LogP contribution in [-0.2, 0) is 16.4 Å². The van der Waals surface area contributed by atoms with E-state index in [2.05, 4.69) is 0 Å². The number of halogens is 1. The Bertz CT molecular complexity index is 845. The van der Waals surface area contributed by atoms with E-state index in [1.807, 2.05) is 0 Å². The first-order valence-corrected chi connectivity index (χ1v) is 9.66. The van der Waals surface area contributed by atoms with Crippen LogP contribution in [0.15, 0.2) is 41.3 Å². The average molecular weight is 400 g/mol. The fraction of sp³-hybridized carbons (Fsp3) is 0.333. The third kappa shape index (κ3) is 4.41. The Balaban J connectivity index is 2.20. The molecule has 0 saturated heterocycles. The lowest BCUT2D eigenvalue weighted by Crippen LogP contribution is -2.29. The molecular weight excluding hydrogens is 378 g/mol. The highest BCUT2D eigenvalue weighted by Crippen LogP contribution is 2.38. The van der Waals surface area contributed by atoms with Gasteiger partial charge in [0.15, 0.2) is 11.5 Å². The van der Waals surface area contributed by atoms with Gasteiger partial charge in [-0.1, -0.05) is 17.7 Å². The minimum absolute atomic E-state index is 0.164. The van der Waals surface area contributed by atoms with E-state index in [0.717, 1.165) is 5.56 Å². The van der Waals surface area contributed by atoms with Crippen molar-refractivity contribution in [1.82, 2.24) is 4.31 Å². The largest absolute Gasteiger partial charge is 0.493 e. The highest BCUT2D eigenvalue weighted by Gasteiger charge is 2.21. The van der Waals surface area contributed by atoms with Crippen molar-refractivity contribution in [3.05, 3.63) is 47.0 Å². The second-order valence-corrected chi connectivity index (χ2v) is 8.05. The Morgan fingerprint density at radius 3 is 2.12 bits per heavy atom. The van der Waals surface area contributed by atoms with Gasteiger partial charge in [-0.2, -0.15) is 0 Å². The Kier molecular flexibility index (Phi) is 6.75. The summed E-state index contributed by atoms with van der Waals surface area (Å²) in [5, 5.41) is 0.379. The van der Waals surface area contributed by atoms with E-state index in [1.54, 1.807) is 24.3 Å². The van der Waals surface area contributed by atoms with E-state index in [0.29, 0.717) is 28.7 Å². The molecule has 0 fully saturated rings. The molecule has 0 amide bonds. The maximum atomic E-state index is 12.7. The second kappa shape index (κ2) is 8.62. The van der Waals surface area contributed by atoms with Gasteiger partial charge in [-0.3, -0.25) is 0 Å². The molecule has 2 aromatic carbocycles. The molecule has 0 spiro atoms. The van der Waals surface area contributed by atoms with Crippen LogP contribution in [0, 0.1) is 0 Å². The van der Waals surface area contributed by atoms with Crippen LogP contribution >= 0.6 is 11.6 Å². The number of hydrogen-bond donors (Lipinski definition) is 0. The van der Waals surface area contributed by atoms with Crippen LogP contribution in [-0.4, -0.2) is 47.6 Å². The van der Waals surface area contributed by atoms with Gasteiger partial charge in [0.1, 0.15) is 0 Å². The summed E-state index contributed by atoms with van der Waals surface area (Å²) in [6.07, 6.45) is 0.479. The smallest absolute Gasteiger partial charge is 0.242 e.